The second-order valence-corrected chi connectivity index (χ2v) is 3.58. The molecule has 2 rings (SSSR count). The molecule has 4 nitrogen and oxygen atoms in total. The lowest BCUT2D eigenvalue weighted by atomic mass is 10.4. The Bertz CT molecular complexity index is 353. The van der Waals surface area contributed by atoms with E-state index in [4.69, 9.17) is 0 Å². The molecule has 1 aliphatic rings. The molecular weight excluding hydrogens is 180 g/mol. The fourth-order valence-electron chi connectivity index (χ4n) is 1.29. The van der Waals surface area contributed by atoms with E-state index in [0.717, 1.165) is 19.1 Å². The summed E-state index contributed by atoms with van der Waals surface area (Å²) < 4.78 is 1.71. The van der Waals surface area contributed by atoms with Crippen LogP contribution in [-0.4, -0.2) is 22.8 Å². The first-order valence-electron chi connectivity index (χ1n) is 4.68. The van der Waals surface area contributed by atoms with Gasteiger partial charge in [-0.05, 0) is 18.9 Å². The summed E-state index contributed by atoms with van der Waals surface area (Å²) in [5.41, 5.74) is 0.601. The maximum Gasteiger partial charge on any atom is 0.240 e. The third-order valence-corrected chi connectivity index (χ3v) is 2.18. The van der Waals surface area contributed by atoms with Gasteiger partial charge in [0.05, 0.1) is 0 Å². The van der Waals surface area contributed by atoms with Gasteiger partial charge in [-0.2, -0.15) is 0 Å². The van der Waals surface area contributed by atoms with Gasteiger partial charge >= 0.3 is 0 Å². The van der Waals surface area contributed by atoms with Crippen LogP contribution in [0.3, 0.4) is 0 Å². The summed E-state index contributed by atoms with van der Waals surface area (Å²) in [7, 11) is 0. The molecule has 1 aromatic rings. The lowest BCUT2D eigenvalue weighted by molar-refractivity contribution is -0.121. The van der Waals surface area contributed by atoms with Gasteiger partial charge < -0.3 is 9.88 Å². The zero-order valence-electron chi connectivity index (χ0n) is 7.77. The summed E-state index contributed by atoms with van der Waals surface area (Å²) in [5, 5.41) is 2.88. The minimum Gasteiger partial charge on any atom is -0.352 e. The molecule has 0 spiro atoms. The third kappa shape index (κ3) is 2.22. The van der Waals surface area contributed by atoms with E-state index in [1.54, 1.807) is 23.0 Å². The Kier molecular flexibility index (Phi) is 2.35. The molecule has 74 valence electrons. The molecule has 0 aromatic carbocycles. The van der Waals surface area contributed by atoms with E-state index in [2.05, 4.69) is 5.32 Å². The number of nitrogens with one attached hydrogen (secondary N) is 1. The molecule has 0 atom stereocenters. The van der Waals surface area contributed by atoms with Crippen LogP contribution in [0.4, 0.5) is 0 Å². The summed E-state index contributed by atoms with van der Waals surface area (Å²) in [4.78, 5) is 21.7. The predicted octanol–water partition coefficient (Wildman–Crippen LogP) is 0.579. The predicted molar refractivity (Wildman–Crippen MR) is 51.0 cm³/mol. The number of aromatic nitrogens is 1. The van der Waals surface area contributed by atoms with E-state index in [1.807, 2.05) is 0 Å². The van der Waals surface area contributed by atoms with Gasteiger partial charge in [0.15, 0.2) is 6.29 Å². The van der Waals surface area contributed by atoms with Crippen LogP contribution in [0.1, 0.15) is 23.2 Å². The van der Waals surface area contributed by atoms with Crippen LogP contribution >= 0.6 is 0 Å². The normalized spacial score (nSPS) is 15.1. The minimum absolute atomic E-state index is 0.0144. The summed E-state index contributed by atoms with van der Waals surface area (Å²) in [6.07, 6.45) is 6.36. The van der Waals surface area contributed by atoms with Crippen molar-refractivity contribution in [3.05, 3.63) is 24.0 Å². The van der Waals surface area contributed by atoms with Gasteiger partial charge in [-0.3, -0.25) is 9.59 Å². The topological polar surface area (TPSA) is 51.1 Å². The van der Waals surface area contributed by atoms with Crippen LogP contribution < -0.4 is 5.32 Å². The van der Waals surface area contributed by atoms with Gasteiger partial charge in [0.25, 0.3) is 0 Å². The first-order valence-corrected chi connectivity index (χ1v) is 4.68. The summed E-state index contributed by atoms with van der Waals surface area (Å²) in [6, 6.07) is 2.08. The first kappa shape index (κ1) is 8.99. The van der Waals surface area contributed by atoms with Crippen molar-refractivity contribution in [2.24, 2.45) is 0 Å². The fraction of sp³-hybridized carbons (Fsp3) is 0.400. The average molecular weight is 192 g/mol. The molecule has 1 fully saturated rings. The molecule has 0 bridgehead atoms. The lowest BCUT2D eigenvalue weighted by Crippen LogP contribution is -2.28. The second kappa shape index (κ2) is 3.65. The number of carbonyl (C=O) groups is 2. The molecule has 1 N–H and O–H groups in total. The number of hydrogen-bond donors (Lipinski definition) is 1. The van der Waals surface area contributed by atoms with Crippen LogP contribution in [-0.2, 0) is 11.3 Å². The summed E-state index contributed by atoms with van der Waals surface area (Å²) in [5.74, 6) is 0.0144. The fourth-order valence-corrected chi connectivity index (χ4v) is 1.29. The van der Waals surface area contributed by atoms with Crippen LogP contribution in [0.25, 0.3) is 0 Å². The van der Waals surface area contributed by atoms with Crippen molar-refractivity contribution in [2.75, 3.05) is 0 Å². The monoisotopic (exact) mass is 192 g/mol. The van der Waals surface area contributed by atoms with Crippen molar-refractivity contribution in [3.8, 4) is 0 Å². The smallest absolute Gasteiger partial charge is 0.240 e. The maximum atomic E-state index is 11.3. The molecular formula is C10H12N2O2. The van der Waals surface area contributed by atoms with Crippen molar-refractivity contribution >= 4 is 12.2 Å². The van der Waals surface area contributed by atoms with Gasteiger partial charge in [-0.1, -0.05) is 0 Å². The molecule has 0 radical (unpaired) electrons. The van der Waals surface area contributed by atoms with Crippen molar-refractivity contribution < 1.29 is 9.59 Å². The molecule has 0 saturated heterocycles. The van der Waals surface area contributed by atoms with Gasteiger partial charge in [-0.25, -0.2) is 0 Å². The van der Waals surface area contributed by atoms with Crippen molar-refractivity contribution in [1.29, 1.82) is 0 Å². The Balaban J connectivity index is 1.88. The van der Waals surface area contributed by atoms with Gasteiger partial charge in [0, 0.05) is 24.0 Å². The van der Waals surface area contributed by atoms with Crippen LogP contribution in [0.15, 0.2) is 18.5 Å². The van der Waals surface area contributed by atoms with E-state index in [1.165, 1.54) is 0 Å². The maximum absolute atomic E-state index is 11.3. The number of carbonyl (C=O) groups excluding carboxylic acids is 2. The summed E-state index contributed by atoms with van der Waals surface area (Å²) >= 11 is 0. The number of aldehydes is 1. The zero-order valence-corrected chi connectivity index (χ0v) is 7.77. The van der Waals surface area contributed by atoms with E-state index >= 15 is 0 Å². The Morgan fingerprint density at radius 2 is 2.43 bits per heavy atom. The van der Waals surface area contributed by atoms with Crippen LogP contribution in [0.2, 0.25) is 0 Å². The molecule has 1 amide bonds. The molecule has 1 aliphatic carbocycles. The SMILES string of the molecule is O=Cc1ccn(CC(=O)NC2CC2)c1. The molecule has 0 aliphatic heterocycles. The highest BCUT2D eigenvalue weighted by atomic mass is 16.2. The highest BCUT2D eigenvalue weighted by molar-refractivity contribution is 5.77. The first-order chi connectivity index (χ1) is 6.78. The highest BCUT2D eigenvalue weighted by Crippen LogP contribution is 2.18. The largest absolute Gasteiger partial charge is 0.352 e. The Morgan fingerprint density at radius 1 is 1.64 bits per heavy atom. The standard InChI is InChI=1S/C10H12N2O2/c13-7-8-3-4-12(5-8)6-10(14)11-9-1-2-9/h3-5,7,9H,1-2,6H2,(H,11,14). The minimum atomic E-state index is 0.0144. The molecule has 1 heterocycles. The number of rotatable bonds is 4. The number of hydrogen-bond acceptors (Lipinski definition) is 2. The Morgan fingerprint density at radius 3 is 3.00 bits per heavy atom. The van der Waals surface area contributed by atoms with Crippen LogP contribution in [0.5, 0.6) is 0 Å². The molecule has 14 heavy (non-hydrogen) atoms. The van der Waals surface area contributed by atoms with Crippen molar-refractivity contribution in [3.63, 3.8) is 0 Å². The van der Waals surface area contributed by atoms with Crippen LogP contribution in [0, 0.1) is 0 Å². The Labute approximate surface area is 81.9 Å². The van der Waals surface area contributed by atoms with E-state index in [-0.39, 0.29) is 5.91 Å². The summed E-state index contributed by atoms with van der Waals surface area (Å²) in [6.45, 7) is 0.296. The van der Waals surface area contributed by atoms with Crippen molar-refractivity contribution in [1.82, 2.24) is 9.88 Å². The van der Waals surface area contributed by atoms with E-state index in [0.29, 0.717) is 18.2 Å². The van der Waals surface area contributed by atoms with E-state index < -0.39 is 0 Å². The van der Waals surface area contributed by atoms with Gasteiger partial charge in [-0.15, -0.1) is 0 Å². The van der Waals surface area contributed by atoms with Gasteiger partial charge in [0.1, 0.15) is 6.54 Å². The third-order valence-electron chi connectivity index (χ3n) is 2.18. The number of nitrogens with zero attached hydrogens (tertiary/aromatic N) is 1. The quantitative estimate of drug-likeness (QED) is 0.709. The molecule has 1 aromatic heterocycles. The Hall–Kier alpha value is -1.58. The zero-order chi connectivity index (χ0) is 9.97. The van der Waals surface area contributed by atoms with Crippen molar-refractivity contribution in [2.45, 2.75) is 25.4 Å². The number of amides is 1. The average Bonchev–Trinajstić information content (AvgIpc) is 2.83. The molecule has 4 heteroatoms. The molecule has 0 unspecified atom stereocenters. The van der Waals surface area contributed by atoms with Gasteiger partial charge in [0.2, 0.25) is 5.91 Å². The lowest BCUT2D eigenvalue weighted by Gasteiger charge is -2.03. The molecule has 1 saturated carbocycles. The van der Waals surface area contributed by atoms with E-state index in [9.17, 15) is 9.59 Å². The second-order valence-electron chi connectivity index (χ2n) is 3.58. The highest BCUT2D eigenvalue weighted by Gasteiger charge is 2.22.